The first-order valence-corrected chi connectivity index (χ1v) is 13.3. The Kier molecular flexibility index (Phi) is 6.86. The summed E-state index contributed by atoms with van der Waals surface area (Å²) < 4.78 is 38.6. The first-order chi connectivity index (χ1) is 15.2. The fraction of sp³-hybridized carbons (Fsp3) is 0.652. The molecule has 1 amide bonds. The monoisotopic (exact) mass is 465 g/mol. The number of hydrogen-bond acceptors (Lipinski definition) is 6. The highest BCUT2D eigenvalue weighted by atomic mass is 32.2. The molecule has 2 saturated heterocycles. The van der Waals surface area contributed by atoms with Crippen molar-refractivity contribution in [2.24, 2.45) is 0 Å². The van der Waals surface area contributed by atoms with E-state index in [-0.39, 0.29) is 41.8 Å². The van der Waals surface area contributed by atoms with Gasteiger partial charge in [0, 0.05) is 43.8 Å². The van der Waals surface area contributed by atoms with Gasteiger partial charge in [0.15, 0.2) is 15.6 Å². The predicted octanol–water partition coefficient (Wildman–Crippen LogP) is 2.11. The zero-order valence-corrected chi connectivity index (χ0v) is 19.4. The Morgan fingerprint density at radius 1 is 1.06 bits per heavy atom. The fourth-order valence-corrected chi connectivity index (χ4v) is 7.00. The third-order valence-electron chi connectivity index (χ3n) is 7.03. The van der Waals surface area contributed by atoms with Gasteiger partial charge in [0.25, 0.3) is 0 Å². The summed E-state index contributed by atoms with van der Waals surface area (Å²) in [5, 5.41) is 0. The van der Waals surface area contributed by atoms with Gasteiger partial charge >= 0.3 is 0 Å². The number of benzene rings is 1. The molecule has 3 aliphatic rings. The Morgan fingerprint density at radius 3 is 2.31 bits per heavy atom. The molecule has 0 N–H and O–H groups in total. The Balaban J connectivity index is 1.37. The summed E-state index contributed by atoms with van der Waals surface area (Å²) in [5.41, 5.74) is 0.834. The van der Waals surface area contributed by atoms with Gasteiger partial charge < -0.3 is 9.80 Å². The minimum absolute atomic E-state index is 0.0180. The van der Waals surface area contributed by atoms with Gasteiger partial charge in [0.2, 0.25) is 5.91 Å². The Morgan fingerprint density at radius 2 is 1.75 bits per heavy atom. The minimum atomic E-state index is -3.06. The average molecular weight is 466 g/mol. The van der Waals surface area contributed by atoms with Crippen LogP contribution in [-0.4, -0.2) is 86.2 Å². The van der Waals surface area contributed by atoms with E-state index in [1.165, 1.54) is 13.0 Å². The van der Waals surface area contributed by atoms with Crippen molar-refractivity contribution < 1.29 is 22.4 Å². The van der Waals surface area contributed by atoms with Crippen LogP contribution in [0.15, 0.2) is 18.2 Å². The summed E-state index contributed by atoms with van der Waals surface area (Å²) in [6.45, 7) is 4.12. The molecule has 176 valence electrons. The average Bonchev–Trinajstić information content (AvgIpc) is 3.39. The van der Waals surface area contributed by atoms with E-state index in [0.717, 1.165) is 25.7 Å². The van der Waals surface area contributed by atoms with E-state index in [9.17, 15) is 22.4 Å². The molecule has 0 aromatic heterocycles. The van der Waals surface area contributed by atoms with Crippen molar-refractivity contribution in [3.63, 3.8) is 0 Å². The molecule has 1 aromatic carbocycles. The SMILES string of the molecule is CC(=O)c1ccc(N2CCN(CC(=O)N(C3CCCC3)[C@@H]3CCS(=O)(=O)C3)CC2)c(F)c1. The van der Waals surface area contributed by atoms with Crippen LogP contribution in [0.1, 0.15) is 49.4 Å². The highest BCUT2D eigenvalue weighted by Gasteiger charge is 2.39. The quantitative estimate of drug-likeness (QED) is 0.599. The smallest absolute Gasteiger partial charge is 0.237 e. The van der Waals surface area contributed by atoms with Crippen molar-refractivity contribution in [3.8, 4) is 0 Å². The number of nitrogens with zero attached hydrogens (tertiary/aromatic N) is 3. The van der Waals surface area contributed by atoms with E-state index in [4.69, 9.17) is 0 Å². The molecule has 0 spiro atoms. The second-order valence-electron chi connectivity index (χ2n) is 9.28. The van der Waals surface area contributed by atoms with Crippen LogP contribution in [0, 0.1) is 5.82 Å². The zero-order chi connectivity index (χ0) is 22.9. The fourth-order valence-electron chi connectivity index (χ4n) is 5.28. The van der Waals surface area contributed by atoms with Crippen LogP contribution >= 0.6 is 0 Å². The number of halogens is 1. The number of carbonyl (C=O) groups excluding carboxylic acids is 2. The normalized spacial score (nSPS) is 24.1. The number of carbonyl (C=O) groups is 2. The lowest BCUT2D eigenvalue weighted by Crippen LogP contribution is -2.54. The third kappa shape index (κ3) is 5.14. The van der Waals surface area contributed by atoms with Gasteiger partial charge in [-0.15, -0.1) is 0 Å². The number of ketones is 1. The number of rotatable bonds is 6. The Labute approximate surface area is 189 Å². The molecule has 1 aromatic rings. The predicted molar refractivity (Wildman–Crippen MR) is 121 cm³/mol. The number of sulfone groups is 1. The highest BCUT2D eigenvalue weighted by molar-refractivity contribution is 7.91. The van der Waals surface area contributed by atoms with Crippen LogP contribution in [0.5, 0.6) is 0 Å². The van der Waals surface area contributed by atoms with Crippen LogP contribution < -0.4 is 4.90 Å². The molecular weight excluding hydrogens is 433 g/mol. The van der Waals surface area contributed by atoms with Gasteiger partial charge in [-0.3, -0.25) is 14.5 Å². The lowest BCUT2D eigenvalue weighted by atomic mass is 10.1. The van der Waals surface area contributed by atoms with Crippen LogP contribution in [0.25, 0.3) is 0 Å². The molecule has 0 unspecified atom stereocenters. The second kappa shape index (κ2) is 9.47. The molecule has 1 aliphatic carbocycles. The molecule has 2 heterocycles. The number of Topliss-reactive ketones (excluding diaryl/α,β-unsaturated/α-hetero) is 1. The lowest BCUT2D eigenvalue weighted by Gasteiger charge is -2.39. The standard InChI is InChI=1S/C23H32FN3O4S/c1-17(28)18-6-7-22(21(24)14-18)26-11-9-25(10-12-26)15-23(29)27(19-4-2-3-5-19)20-8-13-32(30,31)16-20/h6-7,14,19-20H,2-5,8-13,15-16H2,1H3/t20-/m1/s1. The molecule has 32 heavy (non-hydrogen) atoms. The second-order valence-corrected chi connectivity index (χ2v) is 11.5. The largest absolute Gasteiger partial charge is 0.367 e. The topological polar surface area (TPSA) is 78.0 Å². The van der Waals surface area contributed by atoms with Crippen LogP contribution in [0.3, 0.4) is 0 Å². The first kappa shape index (κ1) is 23.2. The summed E-state index contributed by atoms with van der Waals surface area (Å²) >= 11 is 0. The lowest BCUT2D eigenvalue weighted by molar-refractivity contribution is -0.137. The Bertz CT molecular complexity index is 969. The van der Waals surface area contributed by atoms with E-state index in [1.807, 2.05) is 9.80 Å². The molecule has 9 heteroatoms. The summed E-state index contributed by atoms with van der Waals surface area (Å²) in [7, 11) is -3.06. The molecule has 1 saturated carbocycles. The van der Waals surface area contributed by atoms with Crippen molar-refractivity contribution in [1.29, 1.82) is 0 Å². The minimum Gasteiger partial charge on any atom is -0.367 e. The van der Waals surface area contributed by atoms with Crippen molar-refractivity contribution in [2.75, 3.05) is 49.1 Å². The van der Waals surface area contributed by atoms with E-state index in [0.29, 0.717) is 43.9 Å². The summed E-state index contributed by atoms with van der Waals surface area (Å²) in [5.74, 6) is -0.304. The van der Waals surface area contributed by atoms with Crippen LogP contribution in [-0.2, 0) is 14.6 Å². The van der Waals surface area contributed by atoms with Crippen molar-refractivity contribution >= 4 is 27.2 Å². The summed E-state index contributed by atoms with van der Waals surface area (Å²) in [6.07, 6.45) is 4.60. The maximum atomic E-state index is 14.5. The van der Waals surface area contributed by atoms with E-state index in [2.05, 4.69) is 4.90 Å². The maximum absolute atomic E-state index is 14.5. The zero-order valence-electron chi connectivity index (χ0n) is 18.6. The molecule has 4 rings (SSSR count). The summed E-state index contributed by atoms with van der Waals surface area (Å²) in [6, 6.07) is 4.52. The molecule has 3 fully saturated rings. The van der Waals surface area contributed by atoms with Crippen molar-refractivity contribution in [2.45, 2.75) is 51.1 Å². The van der Waals surface area contributed by atoms with Crippen molar-refractivity contribution in [1.82, 2.24) is 9.80 Å². The first-order valence-electron chi connectivity index (χ1n) is 11.5. The third-order valence-corrected chi connectivity index (χ3v) is 8.78. The number of amides is 1. The molecule has 0 radical (unpaired) electrons. The van der Waals surface area contributed by atoms with E-state index >= 15 is 0 Å². The summed E-state index contributed by atoms with van der Waals surface area (Å²) in [4.78, 5) is 30.7. The van der Waals surface area contributed by atoms with Crippen LogP contribution in [0.2, 0.25) is 0 Å². The highest BCUT2D eigenvalue weighted by Crippen LogP contribution is 2.29. The van der Waals surface area contributed by atoms with Gasteiger partial charge in [0.05, 0.1) is 23.7 Å². The van der Waals surface area contributed by atoms with Gasteiger partial charge in [-0.1, -0.05) is 12.8 Å². The number of anilines is 1. The van der Waals surface area contributed by atoms with Crippen molar-refractivity contribution in [3.05, 3.63) is 29.6 Å². The van der Waals surface area contributed by atoms with Gasteiger partial charge in [0.1, 0.15) is 5.82 Å². The van der Waals surface area contributed by atoms with E-state index in [1.54, 1.807) is 12.1 Å². The van der Waals surface area contributed by atoms with E-state index < -0.39 is 15.7 Å². The number of hydrogen-bond donors (Lipinski definition) is 0. The molecule has 1 atom stereocenters. The Hall–Kier alpha value is -2.00. The maximum Gasteiger partial charge on any atom is 0.237 e. The number of piperazine rings is 1. The molecule has 2 aliphatic heterocycles. The molecule has 7 nitrogen and oxygen atoms in total. The molecular formula is C23H32FN3O4S. The van der Waals surface area contributed by atoms with Gasteiger partial charge in [-0.05, 0) is 44.4 Å². The van der Waals surface area contributed by atoms with Gasteiger partial charge in [-0.2, -0.15) is 0 Å². The van der Waals surface area contributed by atoms with Crippen LogP contribution in [0.4, 0.5) is 10.1 Å². The molecule has 0 bridgehead atoms. The van der Waals surface area contributed by atoms with Gasteiger partial charge in [-0.25, -0.2) is 12.8 Å².